The van der Waals surface area contributed by atoms with Crippen molar-refractivity contribution in [3.63, 3.8) is 0 Å². The highest BCUT2D eigenvalue weighted by Gasteiger charge is 2.24. The smallest absolute Gasteiger partial charge is 0.111 e. The Balaban J connectivity index is 2.39. The van der Waals surface area contributed by atoms with Crippen LogP contribution in [0.15, 0.2) is 16.5 Å². The summed E-state index contributed by atoms with van der Waals surface area (Å²) >= 11 is 0. The van der Waals surface area contributed by atoms with Crippen LogP contribution in [0.1, 0.15) is 45.6 Å². The van der Waals surface area contributed by atoms with Gasteiger partial charge in [-0.05, 0) is 44.0 Å². The van der Waals surface area contributed by atoms with Crippen LogP contribution in [-0.4, -0.2) is 19.6 Å². The molecule has 0 aromatic carbocycles. The molecule has 0 bridgehead atoms. The molecule has 0 unspecified atom stereocenters. The summed E-state index contributed by atoms with van der Waals surface area (Å²) in [6.07, 6.45) is 1.09. The molecule has 3 nitrogen and oxygen atoms in total. The zero-order valence-corrected chi connectivity index (χ0v) is 12.5. The normalized spacial score (nSPS) is 13.0. The van der Waals surface area contributed by atoms with Crippen LogP contribution in [0.25, 0.3) is 0 Å². The molecule has 0 saturated heterocycles. The van der Waals surface area contributed by atoms with Gasteiger partial charge >= 0.3 is 0 Å². The number of hydrogen-bond donors (Lipinski definition) is 2. The summed E-state index contributed by atoms with van der Waals surface area (Å²) in [5.41, 5.74) is 5.97. The molecule has 1 aromatic rings. The van der Waals surface area contributed by atoms with E-state index < -0.39 is 0 Å². The number of nitrogens with one attached hydrogen (secondary N) is 1. The van der Waals surface area contributed by atoms with E-state index in [0.29, 0.717) is 0 Å². The molecule has 1 rings (SSSR count). The monoisotopic (exact) mass is 252 g/mol. The van der Waals surface area contributed by atoms with Gasteiger partial charge in [0.25, 0.3) is 0 Å². The second kappa shape index (κ2) is 5.89. The molecule has 0 spiro atoms. The Kier molecular flexibility index (Phi) is 5.00. The maximum Gasteiger partial charge on any atom is 0.111 e. The van der Waals surface area contributed by atoms with Crippen molar-refractivity contribution < 1.29 is 4.42 Å². The third kappa shape index (κ3) is 4.46. The molecule has 3 N–H and O–H groups in total. The van der Waals surface area contributed by atoms with Gasteiger partial charge < -0.3 is 15.5 Å². The minimum absolute atomic E-state index is 0.0289. The van der Waals surface area contributed by atoms with E-state index in [4.69, 9.17) is 10.2 Å². The van der Waals surface area contributed by atoms with Crippen LogP contribution in [0.5, 0.6) is 0 Å². The lowest BCUT2D eigenvalue weighted by Gasteiger charge is -2.26. The van der Waals surface area contributed by atoms with E-state index in [1.807, 2.05) is 13.0 Å². The molecule has 0 saturated carbocycles. The van der Waals surface area contributed by atoms with Crippen LogP contribution < -0.4 is 11.1 Å². The predicted molar refractivity (Wildman–Crippen MR) is 76.8 cm³/mol. The highest BCUT2D eigenvalue weighted by Crippen LogP contribution is 2.24. The van der Waals surface area contributed by atoms with Gasteiger partial charge in [-0.15, -0.1) is 0 Å². The quantitative estimate of drug-likeness (QED) is 0.734. The van der Waals surface area contributed by atoms with Crippen LogP contribution in [0.2, 0.25) is 0 Å². The van der Waals surface area contributed by atoms with Gasteiger partial charge in [0.1, 0.15) is 11.5 Å². The minimum Gasteiger partial charge on any atom is -0.466 e. The molecule has 0 radical (unpaired) electrons. The fraction of sp³-hybridized carbons (Fsp3) is 0.733. The molecule has 1 aromatic heterocycles. The topological polar surface area (TPSA) is 51.2 Å². The molecule has 0 aliphatic carbocycles. The Labute approximate surface area is 111 Å². The summed E-state index contributed by atoms with van der Waals surface area (Å²) in [5.74, 6) is 2.02. The Morgan fingerprint density at radius 2 is 1.89 bits per heavy atom. The largest absolute Gasteiger partial charge is 0.466 e. The van der Waals surface area contributed by atoms with E-state index in [1.54, 1.807) is 0 Å². The van der Waals surface area contributed by atoms with Crippen molar-refractivity contribution in [2.45, 2.75) is 46.5 Å². The fourth-order valence-electron chi connectivity index (χ4n) is 1.82. The predicted octanol–water partition coefficient (Wildman–Crippen LogP) is 2.83. The van der Waals surface area contributed by atoms with Crippen LogP contribution in [0, 0.1) is 12.3 Å². The Hall–Kier alpha value is -0.800. The van der Waals surface area contributed by atoms with Gasteiger partial charge in [-0.2, -0.15) is 0 Å². The molecule has 0 atom stereocenters. The van der Waals surface area contributed by atoms with E-state index in [0.717, 1.165) is 37.6 Å². The van der Waals surface area contributed by atoms with Crippen molar-refractivity contribution in [3.8, 4) is 0 Å². The minimum atomic E-state index is 0.0289. The second-order valence-electron chi connectivity index (χ2n) is 6.59. The number of furan rings is 1. The fourth-order valence-corrected chi connectivity index (χ4v) is 1.82. The third-order valence-electron chi connectivity index (χ3n) is 3.51. The average Bonchev–Trinajstić information content (AvgIpc) is 2.72. The van der Waals surface area contributed by atoms with Crippen LogP contribution >= 0.6 is 0 Å². The summed E-state index contributed by atoms with van der Waals surface area (Å²) in [5, 5.41) is 3.51. The molecule has 18 heavy (non-hydrogen) atoms. The molecule has 104 valence electrons. The van der Waals surface area contributed by atoms with Crippen molar-refractivity contribution in [1.29, 1.82) is 0 Å². The van der Waals surface area contributed by atoms with Gasteiger partial charge in [0.2, 0.25) is 0 Å². The Morgan fingerprint density at radius 1 is 1.22 bits per heavy atom. The van der Waals surface area contributed by atoms with Crippen molar-refractivity contribution in [1.82, 2.24) is 5.32 Å². The summed E-state index contributed by atoms with van der Waals surface area (Å²) < 4.78 is 5.71. The first-order valence-corrected chi connectivity index (χ1v) is 6.74. The average molecular weight is 252 g/mol. The first-order valence-electron chi connectivity index (χ1n) is 6.74. The van der Waals surface area contributed by atoms with Crippen molar-refractivity contribution in [2.24, 2.45) is 11.1 Å². The van der Waals surface area contributed by atoms with E-state index in [1.165, 1.54) is 0 Å². The summed E-state index contributed by atoms with van der Waals surface area (Å²) in [6, 6.07) is 4.09. The number of rotatable bonds is 7. The van der Waals surface area contributed by atoms with Gasteiger partial charge in [-0.3, -0.25) is 0 Å². The van der Waals surface area contributed by atoms with Crippen LogP contribution in [0.3, 0.4) is 0 Å². The first kappa shape index (κ1) is 15.3. The van der Waals surface area contributed by atoms with Gasteiger partial charge in [0, 0.05) is 12.0 Å². The van der Waals surface area contributed by atoms with Gasteiger partial charge in [-0.1, -0.05) is 27.7 Å². The summed E-state index contributed by atoms with van der Waals surface area (Å²) in [6.45, 7) is 13.4. The summed E-state index contributed by atoms with van der Waals surface area (Å²) in [4.78, 5) is 0. The molecular weight excluding hydrogens is 224 g/mol. The van der Waals surface area contributed by atoms with Crippen LogP contribution in [0.4, 0.5) is 0 Å². The number of hydrogen-bond acceptors (Lipinski definition) is 3. The van der Waals surface area contributed by atoms with Crippen molar-refractivity contribution in [3.05, 3.63) is 23.7 Å². The van der Waals surface area contributed by atoms with Gasteiger partial charge in [0.05, 0.1) is 0 Å². The van der Waals surface area contributed by atoms with E-state index >= 15 is 0 Å². The Bertz CT molecular complexity index is 366. The van der Waals surface area contributed by atoms with E-state index in [-0.39, 0.29) is 10.8 Å². The van der Waals surface area contributed by atoms with Gasteiger partial charge in [-0.25, -0.2) is 0 Å². The molecular formula is C15H28N2O. The van der Waals surface area contributed by atoms with Crippen molar-refractivity contribution >= 4 is 0 Å². The zero-order chi connectivity index (χ0) is 13.8. The summed E-state index contributed by atoms with van der Waals surface area (Å²) in [7, 11) is 0. The second-order valence-corrected chi connectivity index (χ2v) is 6.59. The van der Waals surface area contributed by atoms with Gasteiger partial charge in [0.15, 0.2) is 0 Å². The molecule has 3 heteroatoms. The first-order chi connectivity index (χ1) is 8.27. The molecule has 0 amide bonds. The lowest BCUT2D eigenvalue weighted by molar-refractivity contribution is 0.317. The maximum atomic E-state index is 5.73. The highest BCUT2D eigenvalue weighted by molar-refractivity contribution is 5.15. The highest BCUT2D eigenvalue weighted by atomic mass is 16.3. The van der Waals surface area contributed by atoms with Crippen molar-refractivity contribution in [2.75, 3.05) is 19.6 Å². The zero-order valence-electron chi connectivity index (χ0n) is 12.5. The SMILES string of the molecule is Cc1ccc(C(C)(C)CNCCC(C)(C)CN)o1. The number of aryl methyl sites for hydroxylation is 1. The van der Waals surface area contributed by atoms with Crippen LogP contribution in [-0.2, 0) is 5.41 Å². The molecule has 0 aliphatic heterocycles. The number of nitrogens with two attached hydrogens (primary N) is 1. The molecule has 0 fully saturated rings. The maximum absolute atomic E-state index is 5.73. The van der Waals surface area contributed by atoms with E-state index in [9.17, 15) is 0 Å². The van der Waals surface area contributed by atoms with E-state index in [2.05, 4.69) is 39.1 Å². The third-order valence-corrected chi connectivity index (χ3v) is 3.51. The molecule has 0 aliphatic rings. The standard InChI is InChI=1S/C15H28N2O/c1-12-6-7-13(18-12)15(4,5)11-17-9-8-14(2,3)10-16/h6-7,17H,8-11,16H2,1-5H3. The lowest BCUT2D eigenvalue weighted by atomic mass is 9.88. The lowest BCUT2D eigenvalue weighted by Crippen LogP contribution is -2.35. The Morgan fingerprint density at radius 3 is 2.39 bits per heavy atom. The molecule has 1 heterocycles.